The molecule has 30 heavy (non-hydrogen) atoms. The van der Waals surface area contributed by atoms with E-state index in [9.17, 15) is 9.59 Å². The van der Waals surface area contributed by atoms with E-state index in [2.05, 4.69) is 36.1 Å². The summed E-state index contributed by atoms with van der Waals surface area (Å²) in [6.07, 6.45) is 16.2. The summed E-state index contributed by atoms with van der Waals surface area (Å²) in [5.41, 5.74) is 5.18. The van der Waals surface area contributed by atoms with Gasteiger partial charge in [0.1, 0.15) is 0 Å². The molecule has 0 fully saturated rings. The number of nitrogens with zero attached hydrogens (tertiary/aromatic N) is 2. The molecule has 2 aromatic carbocycles. The van der Waals surface area contributed by atoms with Crippen LogP contribution in [0, 0.1) is 24.7 Å². The number of hydrogen-bond donors (Lipinski definition) is 0. The summed E-state index contributed by atoms with van der Waals surface area (Å²) in [5.74, 6) is 5.04. The lowest BCUT2D eigenvalue weighted by atomic mass is 10.1. The van der Waals surface area contributed by atoms with Gasteiger partial charge in [0.15, 0.2) is 0 Å². The Hall–Kier alpha value is -3.50. The SMILES string of the molecule is C#CCN(C=O)[C@@H]1CCc2ccccc21.C#CCN(C=O)[C@@H]1CCc2ccccc21. The number of terminal acetylenes is 2. The zero-order valence-corrected chi connectivity index (χ0v) is 17.0. The molecule has 4 heteroatoms. The van der Waals surface area contributed by atoms with Crippen LogP contribution in [0.4, 0.5) is 0 Å². The Kier molecular flexibility index (Phi) is 7.30. The van der Waals surface area contributed by atoms with Gasteiger partial charge < -0.3 is 9.80 Å². The molecule has 2 aromatic rings. The van der Waals surface area contributed by atoms with E-state index in [0.717, 1.165) is 38.5 Å². The van der Waals surface area contributed by atoms with Crippen LogP contribution in [0.3, 0.4) is 0 Å². The maximum absolute atomic E-state index is 10.9. The Bertz CT molecular complexity index is 890. The zero-order chi connectivity index (χ0) is 21.3. The molecule has 152 valence electrons. The van der Waals surface area contributed by atoms with Crippen LogP contribution in [-0.4, -0.2) is 35.7 Å². The summed E-state index contributed by atoms with van der Waals surface area (Å²) in [6, 6.07) is 16.8. The molecule has 0 spiro atoms. The number of carbonyl (C=O) groups is 2. The summed E-state index contributed by atoms with van der Waals surface area (Å²) in [4.78, 5) is 25.2. The van der Waals surface area contributed by atoms with Crippen LogP contribution in [0.15, 0.2) is 48.5 Å². The van der Waals surface area contributed by atoms with Crippen molar-refractivity contribution in [2.24, 2.45) is 0 Å². The molecule has 0 unspecified atom stereocenters. The first-order chi connectivity index (χ1) is 14.7. The minimum absolute atomic E-state index is 0.176. The van der Waals surface area contributed by atoms with E-state index in [4.69, 9.17) is 12.8 Å². The highest BCUT2D eigenvalue weighted by Gasteiger charge is 2.27. The summed E-state index contributed by atoms with van der Waals surface area (Å²) >= 11 is 0. The predicted molar refractivity (Wildman–Crippen MR) is 118 cm³/mol. The molecule has 0 saturated carbocycles. The largest absolute Gasteiger partial charge is 0.327 e. The molecule has 4 nitrogen and oxygen atoms in total. The first kappa shape index (κ1) is 21.2. The standard InChI is InChI=1S/2C13H13NO/c2*1-2-9-14(10-15)13-8-7-11-5-3-4-6-12(11)13/h2*1,3-6,10,13H,7-9H2/t2*13-/m11/s1. The van der Waals surface area contributed by atoms with E-state index < -0.39 is 0 Å². The molecule has 0 N–H and O–H groups in total. The average Bonchev–Trinajstić information content (AvgIpc) is 3.41. The number of hydrogen-bond acceptors (Lipinski definition) is 2. The van der Waals surface area contributed by atoms with Gasteiger partial charge in [0.2, 0.25) is 12.8 Å². The van der Waals surface area contributed by atoms with Gasteiger partial charge in [-0.15, -0.1) is 12.8 Å². The molecule has 0 bridgehead atoms. The van der Waals surface area contributed by atoms with Gasteiger partial charge in [-0.05, 0) is 47.9 Å². The summed E-state index contributed by atoms with van der Waals surface area (Å²) in [5, 5.41) is 0. The van der Waals surface area contributed by atoms with E-state index in [1.54, 1.807) is 9.80 Å². The lowest BCUT2D eigenvalue weighted by Crippen LogP contribution is -2.26. The molecule has 2 amide bonds. The topological polar surface area (TPSA) is 40.6 Å². The zero-order valence-electron chi connectivity index (χ0n) is 17.0. The van der Waals surface area contributed by atoms with Crippen LogP contribution in [0.2, 0.25) is 0 Å². The van der Waals surface area contributed by atoms with Crippen molar-refractivity contribution in [1.82, 2.24) is 9.80 Å². The predicted octanol–water partition coefficient (Wildman–Crippen LogP) is 3.53. The van der Waals surface area contributed by atoms with Gasteiger partial charge in [-0.25, -0.2) is 0 Å². The Labute approximate surface area is 178 Å². The second-order valence-electron chi connectivity index (χ2n) is 7.47. The molecule has 0 aromatic heterocycles. The molecular weight excluding hydrogens is 372 g/mol. The molecule has 2 atom stereocenters. The van der Waals surface area contributed by atoms with E-state index in [1.807, 2.05) is 24.3 Å². The Morgan fingerprint density at radius 2 is 1.17 bits per heavy atom. The summed E-state index contributed by atoms with van der Waals surface area (Å²) < 4.78 is 0. The Balaban J connectivity index is 0.000000171. The van der Waals surface area contributed by atoms with Crippen molar-refractivity contribution >= 4 is 12.8 Å². The first-order valence-electron chi connectivity index (χ1n) is 10.2. The number of benzene rings is 2. The van der Waals surface area contributed by atoms with Gasteiger partial charge in [0.05, 0.1) is 25.2 Å². The van der Waals surface area contributed by atoms with Crippen molar-refractivity contribution in [3.8, 4) is 24.7 Å². The van der Waals surface area contributed by atoms with E-state index in [-0.39, 0.29) is 12.1 Å². The van der Waals surface area contributed by atoms with Crippen LogP contribution in [0.1, 0.15) is 47.2 Å². The Morgan fingerprint density at radius 3 is 1.53 bits per heavy atom. The molecule has 0 aliphatic heterocycles. The minimum atomic E-state index is 0.176. The summed E-state index contributed by atoms with van der Waals surface area (Å²) in [7, 11) is 0. The van der Waals surface area contributed by atoms with Crippen molar-refractivity contribution in [3.63, 3.8) is 0 Å². The van der Waals surface area contributed by atoms with Crippen LogP contribution in [0.5, 0.6) is 0 Å². The number of rotatable bonds is 6. The van der Waals surface area contributed by atoms with Crippen LogP contribution < -0.4 is 0 Å². The number of amides is 2. The van der Waals surface area contributed by atoms with Crippen LogP contribution in [-0.2, 0) is 22.4 Å². The smallest absolute Gasteiger partial charge is 0.211 e. The summed E-state index contributed by atoms with van der Waals surface area (Å²) in [6.45, 7) is 0.783. The first-order valence-corrected chi connectivity index (χ1v) is 10.2. The molecule has 2 aliphatic rings. The van der Waals surface area contributed by atoms with Crippen LogP contribution in [0.25, 0.3) is 0 Å². The fourth-order valence-electron chi connectivity index (χ4n) is 4.41. The van der Waals surface area contributed by atoms with Gasteiger partial charge in [-0.2, -0.15) is 0 Å². The van der Waals surface area contributed by atoms with Gasteiger partial charge in [-0.1, -0.05) is 60.4 Å². The highest BCUT2D eigenvalue weighted by Crippen LogP contribution is 2.35. The highest BCUT2D eigenvalue weighted by atomic mass is 16.1. The minimum Gasteiger partial charge on any atom is -0.327 e. The second-order valence-corrected chi connectivity index (χ2v) is 7.47. The second kappa shape index (κ2) is 10.3. The van der Waals surface area contributed by atoms with Gasteiger partial charge in [-0.3, -0.25) is 9.59 Å². The maximum Gasteiger partial charge on any atom is 0.211 e. The third-order valence-electron chi connectivity index (χ3n) is 5.82. The van der Waals surface area contributed by atoms with Crippen molar-refractivity contribution in [2.45, 2.75) is 37.8 Å². The van der Waals surface area contributed by atoms with E-state index in [0.29, 0.717) is 13.1 Å². The molecule has 0 saturated heterocycles. The van der Waals surface area contributed by atoms with Crippen molar-refractivity contribution in [1.29, 1.82) is 0 Å². The third-order valence-corrected chi connectivity index (χ3v) is 5.82. The highest BCUT2D eigenvalue weighted by molar-refractivity contribution is 5.52. The molecule has 4 rings (SSSR count). The van der Waals surface area contributed by atoms with Crippen LogP contribution >= 0.6 is 0 Å². The maximum atomic E-state index is 10.9. The van der Waals surface area contributed by atoms with Crippen molar-refractivity contribution in [3.05, 3.63) is 70.8 Å². The quantitative estimate of drug-likeness (QED) is 0.552. The molecule has 0 heterocycles. The van der Waals surface area contributed by atoms with E-state index >= 15 is 0 Å². The number of aryl methyl sites for hydroxylation is 2. The van der Waals surface area contributed by atoms with Gasteiger partial charge in [0, 0.05) is 0 Å². The average molecular weight is 399 g/mol. The molecular formula is C26H26N2O2. The van der Waals surface area contributed by atoms with Crippen molar-refractivity contribution in [2.75, 3.05) is 13.1 Å². The number of carbonyl (C=O) groups excluding carboxylic acids is 2. The Morgan fingerprint density at radius 1 is 0.767 bits per heavy atom. The van der Waals surface area contributed by atoms with Gasteiger partial charge in [0.25, 0.3) is 0 Å². The van der Waals surface area contributed by atoms with Crippen molar-refractivity contribution < 1.29 is 9.59 Å². The third kappa shape index (κ3) is 4.56. The normalized spacial score (nSPS) is 17.9. The number of fused-ring (bicyclic) bond motifs is 2. The monoisotopic (exact) mass is 398 g/mol. The molecule has 2 aliphatic carbocycles. The lowest BCUT2D eigenvalue weighted by Gasteiger charge is -2.23. The fourth-order valence-corrected chi connectivity index (χ4v) is 4.41. The van der Waals surface area contributed by atoms with Gasteiger partial charge >= 0.3 is 0 Å². The molecule has 0 radical (unpaired) electrons. The van der Waals surface area contributed by atoms with E-state index in [1.165, 1.54) is 22.3 Å². The fraction of sp³-hybridized carbons (Fsp3) is 0.308. The lowest BCUT2D eigenvalue weighted by molar-refractivity contribution is -0.120.